The van der Waals surface area contributed by atoms with Crippen LogP contribution in [0.2, 0.25) is 0 Å². The third-order valence-electron chi connectivity index (χ3n) is 4.31. The van der Waals surface area contributed by atoms with Crippen LogP contribution in [0, 0.1) is 5.92 Å². The van der Waals surface area contributed by atoms with Gasteiger partial charge in [0.25, 0.3) is 0 Å². The number of hydrogen-bond acceptors (Lipinski definition) is 4. The molecule has 0 aliphatic carbocycles. The zero-order chi connectivity index (χ0) is 16.8. The van der Waals surface area contributed by atoms with Crippen LogP contribution < -0.4 is 4.74 Å². The van der Waals surface area contributed by atoms with Crippen LogP contribution in [0.15, 0.2) is 48.8 Å². The topological polar surface area (TPSA) is 62.7 Å². The largest absolute Gasteiger partial charge is 0.489 e. The zero-order valence-electron chi connectivity index (χ0n) is 13.6. The predicted octanol–water partition coefficient (Wildman–Crippen LogP) is 2.96. The van der Waals surface area contributed by atoms with Gasteiger partial charge >= 0.3 is 5.97 Å². The van der Waals surface area contributed by atoms with Gasteiger partial charge in [-0.15, -0.1) is 0 Å². The summed E-state index contributed by atoms with van der Waals surface area (Å²) in [5.74, 6) is -0.0932. The summed E-state index contributed by atoms with van der Waals surface area (Å²) < 4.78 is 5.75. The predicted molar refractivity (Wildman–Crippen MR) is 90.6 cm³/mol. The number of pyridine rings is 1. The fraction of sp³-hybridized carbons (Fsp3) is 0.368. The first-order valence-electron chi connectivity index (χ1n) is 8.26. The van der Waals surface area contributed by atoms with Crippen molar-refractivity contribution < 1.29 is 14.6 Å². The second-order valence-electron chi connectivity index (χ2n) is 6.21. The standard InChI is InChI=1S/C19H22N2O3/c22-19(23)17-4-2-10-21(13-17)12-15-5-7-18(8-6-15)24-14-16-3-1-9-20-11-16/h1,3,5-9,11,17H,2,4,10,12-14H2,(H,22,23). The molecule has 0 bridgehead atoms. The van der Waals surface area contributed by atoms with E-state index in [-0.39, 0.29) is 5.92 Å². The molecule has 1 aromatic carbocycles. The van der Waals surface area contributed by atoms with E-state index in [4.69, 9.17) is 9.84 Å². The van der Waals surface area contributed by atoms with E-state index < -0.39 is 5.97 Å². The van der Waals surface area contributed by atoms with Crippen LogP contribution in [0.25, 0.3) is 0 Å². The van der Waals surface area contributed by atoms with Gasteiger partial charge in [-0.1, -0.05) is 18.2 Å². The Hall–Kier alpha value is -2.40. The number of piperidine rings is 1. The number of rotatable bonds is 6. The Balaban J connectivity index is 1.52. The van der Waals surface area contributed by atoms with Gasteiger partial charge < -0.3 is 9.84 Å². The fourth-order valence-corrected chi connectivity index (χ4v) is 3.00. The molecule has 1 atom stereocenters. The van der Waals surface area contributed by atoms with Gasteiger partial charge in [0.2, 0.25) is 0 Å². The number of benzene rings is 1. The minimum atomic E-state index is -0.682. The molecule has 1 aliphatic rings. The molecule has 1 unspecified atom stereocenters. The molecule has 2 heterocycles. The van der Waals surface area contributed by atoms with Crippen LogP contribution in [0.3, 0.4) is 0 Å². The summed E-state index contributed by atoms with van der Waals surface area (Å²) >= 11 is 0. The summed E-state index contributed by atoms with van der Waals surface area (Å²) in [6, 6.07) is 11.9. The average Bonchev–Trinajstić information content (AvgIpc) is 2.62. The van der Waals surface area contributed by atoms with E-state index in [0.717, 1.165) is 37.2 Å². The molecule has 0 amide bonds. The van der Waals surface area contributed by atoms with Crippen molar-refractivity contribution >= 4 is 5.97 Å². The molecule has 5 heteroatoms. The van der Waals surface area contributed by atoms with E-state index in [1.165, 1.54) is 5.56 Å². The molecule has 1 N–H and O–H groups in total. The average molecular weight is 326 g/mol. The number of aromatic nitrogens is 1. The highest BCUT2D eigenvalue weighted by Crippen LogP contribution is 2.20. The number of hydrogen-bond donors (Lipinski definition) is 1. The van der Waals surface area contributed by atoms with Crippen LogP contribution in [0.1, 0.15) is 24.0 Å². The number of likely N-dealkylation sites (tertiary alicyclic amines) is 1. The van der Waals surface area contributed by atoms with Crippen LogP contribution in [0.5, 0.6) is 5.75 Å². The summed E-state index contributed by atoms with van der Waals surface area (Å²) in [6.07, 6.45) is 5.27. The molecule has 1 aromatic heterocycles. The number of aliphatic carboxylic acids is 1. The van der Waals surface area contributed by atoms with E-state index in [0.29, 0.717) is 13.2 Å². The van der Waals surface area contributed by atoms with Gasteiger partial charge in [0.1, 0.15) is 12.4 Å². The van der Waals surface area contributed by atoms with E-state index in [1.807, 2.05) is 36.4 Å². The van der Waals surface area contributed by atoms with Crippen molar-refractivity contribution in [3.8, 4) is 5.75 Å². The number of carbonyl (C=O) groups is 1. The molecule has 1 fully saturated rings. The van der Waals surface area contributed by atoms with Gasteiger partial charge in [-0.3, -0.25) is 14.7 Å². The van der Waals surface area contributed by atoms with Crippen molar-refractivity contribution in [1.82, 2.24) is 9.88 Å². The first-order valence-corrected chi connectivity index (χ1v) is 8.26. The Morgan fingerprint density at radius 1 is 1.25 bits per heavy atom. The number of ether oxygens (including phenoxy) is 1. The maximum atomic E-state index is 11.1. The van der Waals surface area contributed by atoms with E-state index in [2.05, 4.69) is 9.88 Å². The van der Waals surface area contributed by atoms with Gasteiger partial charge in [-0.2, -0.15) is 0 Å². The third kappa shape index (κ3) is 4.55. The molecule has 126 valence electrons. The molecule has 0 radical (unpaired) electrons. The second kappa shape index (κ2) is 7.93. The summed E-state index contributed by atoms with van der Waals surface area (Å²) in [5.41, 5.74) is 2.21. The Kier molecular flexibility index (Phi) is 5.43. The van der Waals surface area contributed by atoms with E-state index in [9.17, 15) is 4.79 Å². The molecule has 1 saturated heterocycles. The van der Waals surface area contributed by atoms with Crippen molar-refractivity contribution in [2.45, 2.75) is 26.0 Å². The first kappa shape index (κ1) is 16.5. The first-order chi connectivity index (χ1) is 11.7. The molecular weight excluding hydrogens is 304 g/mol. The SMILES string of the molecule is O=C(O)C1CCCN(Cc2ccc(OCc3cccnc3)cc2)C1. The monoisotopic (exact) mass is 326 g/mol. The Labute approximate surface area is 141 Å². The van der Waals surface area contributed by atoms with E-state index in [1.54, 1.807) is 12.4 Å². The minimum absolute atomic E-state index is 0.235. The summed E-state index contributed by atoms with van der Waals surface area (Å²) in [4.78, 5) is 17.4. The Morgan fingerprint density at radius 3 is 2.79 bits per heavy atom. The molecule has 1 aliphatic heterocycles. The Bertz CT molecular complexity index is 658. The van der Waals surface area contributed by atoms with Gasteiger partial charge in [-0.25, -0.2) is 0 Å². The van der Waals surface area contributed by atoms with Gasteiger partial charge in [0, 0.05) is 31.0 Å². The van der Waals surface area contributed by atoms with Gasteiger partial charge in [0.05, 0.1) is 5.92 Å². The van der Waals surface area contributed by atoms with Gasteiger partial charge in [-0.05, 0) is 43.1 Å². The highest BCUT2D eigenvalue weighted by Gasteiger charge is 2.25. The van der Waals surface area contributed by atoms with Crippen LogP contribution >= 0.6 is 0 Å². The summed E-state index contributed by atoms with van der Waals surface area (Å²) in [5, 5.41) is 9.16. The highest BCUT2D eigenvalue weighted by molar-refractivity contribution is 5.70. The minimum Gasteiger partial charge on any atom is -0.489 e. The lowest BCUT2D eigenvalue weighted by Crippen LogP contribution is -2.38. The Morgan fingerprint density at radius 2 is 2.08 bits per heavy atom. The number of nitrogens with zero attached hydrogens (tertiary/aromatic N) is 2. The highest BCUT2D eigenvalue weighted by atomic mass is 16.5. The summed E-state index contributed by atoms with van der Waals surface area (Å²) in [6.45, 7) is 2.88. The molecular formula is C19H22N2O3. The van der Waals surface area contributed by atoms with Crippen LogP contribution in [-0.2, 0) is 17.9 Å². The zero-order valence-corrected chi connectivity index (χ0v) is 13.6. The molecule has 5 nitrogen and oxygen atoms in total. The second-order valence-corrected chi connectivity index (χ2v) is 6.21. The van der Waals surface area contributed by atoms with Crippen molar-refractivity contribution in [3.05, 3.63) is 59.9 Å². The fourth-order valence-electron chi connectivity index (χ4n) is 3.00. The van der Waals surface area contributed by atoms with E-state index >= 15 is 0 Å². The summed E-state index contributed by atoms with van der Waals surface area (Å²) in [7, 11) is 0. The molecule has 24 heavy (non-hydrogen) atoms. The molecule has 0 saturated carbocycles. The van der Waals surface area contributed by atoms with Gasteiger partial charge in [0.15, 0.2) is 0 Å². The third-order valence-corrected chi connectivity index (χ3v) is 4.31. The lowest BCUT2D eigenvalue weighted by atomic mass is 9.98. The van der Waals surface area contributed by atoms with Crippen LogP contribution in [0.4, 0.5) is 0 Å². The molecule has 0 spiro atoms. The smallest absolute Gasteiger partial charge is 0.307 e. The van der Waals surface area contributed by atoms with Crippen molar-refractivity contribution in [3.63, 3.8) is 0 Å². The quantitative estimate of drug-likeness (QED) is 0.884. The van der Waals surface area contributed by atoms with Crippen molar-refractivity contribution in [2.24, 2.45) is 5.92 Å². The lowest BCUT2D eigenvalue weighted by molar-refractivity contribution is -0.143. The molecule has 2 aromatic rings. The van der Waals surface area contributed by atoms with Crippen LogP contribution in [-0.4, -0.2) is 34.0 Å². The molecule has 3 rings (SSSR count). The van der Waals surface area contributed by atoms with Crippen molar-refractivity contribution in [1.29, 1.82) is 0 Å². The van der Waals surface area contributed by atoms with Crippen molar-refractivity contribution in [2.75, 3.05) is 13.1 Å². The maximum Gasteiger partial charge on any atom is 0.307 e. The number of carboxylic acid groups (broad SMARTS) is 1. The normalized spacial score (nSPS) is 18.2. The maximum absolute atomic E-state index is 11.1. The lowest BCUT2D eigenvalue weighted by Gasteiger charge is -2.30. The number of carboxylic acids is 1.